The number of halogens is 1. The van der Waals surface area contributed by atoms with E-state index < -0.39 is 0 Å². The van der Waals surface area contributed by atoms with Crippen LogP contribution in [0.4, 0.5) is 5.13 Å². The Balaban J connectivity index is 1.33. The first-order valence-electron chi connectivity index (χ1n) is 10.9. The quantitative estimate of drug-likeness (QED) is 0.396. The minimum Gasteiger partial charge on any atom is -0.361 e. The number of carbonyl (C=O) groups excluding carboxylic acids is 2. The van der Waals surface area contributed by atoms with Crippen molar-refractivity contribution in [2.75, 3.05) is 18.0 Å². The summed E-state index contributed by atoms with van der Waals surface area (Å²) in [6.45, 7) is 1.11. The number of hydrogen-bond donors (Lipinski definition) is 2. The van der Waals surface area contributed by atoms with Gasteiger partial charge in [-0.15, -0.1) is 11.3 Å². The van der Waals surface area contributed by atoms with Gasteiger partial charge in [-0.3, -0.25) is 14.5 Å². The van der Waals surface area contributed by atoms with Gasteiger partial charge in [-0.2, -0.15) is 0 Å². The highest BCUT2D eigenvalue weighted by Crippen LogP contribution is 2.34. The lowest BCUT2D eigenvalue weighted by Gasteiger charge is -2.19. The van der Waals surface area contributed by atoms with E-state index in [1.807, 2.05) is 54.0 Å². The fourth-order valence-corrected chi connectivity index (χ4v) is 5.46. The first-order chi connectivity index (χ1) is 16.1. The largest absolute Gasteiger partial charge is 0.361 e. The summed E-state index contributed by atoms with van der Waals surface area (Å²) < 4.78 is 0. The number of carbonyl (C=O) groups is 2. The Morgan fingerprint density at radius 3 is 2.82 bits per heavy atom. The monoisotopic (exact) mass is 478 g/mol. The summed E-state index contributed by atoms with van der Waals surface area (Å²) in [5.74, 6) is -0.120. The zero-order chi connectivity index (χ0) is 22.8. The van der Waals surface area contributed by atoms with Crippen LogP contribution in [-0.4, -0.2) is 34.9 Å². The van der Waals surface area contributed by atoms with Crippen LogP contribution in [-0.2, 0) is 16.0 Å². The number of hydrogen-bond acceptors (Lipinski definition) is 4. The van der Waals surface area contributed by atoms with Crippen LogP contribution in [0.3, 0.4) is 0 Å². The predicted octanol–water partition coefficient (Wildman–Crippen LogP) is 4.90. The van der Waals surface area contributed by atoms with E-state index in [0.29, 0.717) is 35.4 Å². The lowest BCUT2D eigenvalue weighted by atomic mass is 9.90. The number of rotatable bonds is 7. The first-order valence-corrected chi connectivity index (χ1v) is 12.2. The van der Waals surface area contributed by atoms with Gasteiger partial charge < -0.3 is 10.3 Å². The topological polar surface area (TPSA) is 78.1 Å². The Morgan fingerprint density at radius 2 is 2.00 bits per heavy atom. The molecule has 1 unspecified atom stereocenters. The van der Waals surface area contributed by atoms with Crippen LogP contribution in [0.15, 0.2) is 60.1 Å². The molecule has 2 aromatic heterocycles. The molecule has 0 radical (unpaired) electrons. The lowest BCUT2D eigenvalue weighted by Crippen LogP contribution is -2.30. The molecule has 1 fully saturated rings. The van der Waals surface area contributed by atoms with Crippen molar-refractivity contribution in [1.82, 2.24) is 15.3 Å². The molecule has 1 atom stereocenters. The van der Waals surface area contributed by atoms with E-state index in [1.54, 1.807) is 4.90 Å². The predicted molar refractivity (Wildman–Crippen MR) is 132 cm³/mol. The number of H-pyrrole nitrogens is 1. The number of thiazole rings is 1. The molecule has 1 aliphatic rings. The van der Waals surface area contributed by atoms with E-state index in [1.165, 1.54) is 11.3 Å². The minimum absolute atomic E-state index is 0.0988. The molecule has 5 rings (SSSR count). The average Bonchev–Trinajstić information content (AvgIpc) is 3.55. The second-order valence-electron chi connectivity index (χ2n) is 8.11. The van der Waals surface area contributed by atoms with E-state index >= 15 is 0 Å². The first kappa shape index (κ1) is 21.7. The number of fused-ring (bicyclic) bond motifs is 1. The van der Waals surface area contributed by atoms with Crippen LogP contribution >= 0.6 is 22.9 Å². The van der Waals surface area contributed by atoms with Crippen molar-refractivity contribution in [2.24, 2.45) is 0 Å². The van der Waals surface area contributed by atoms with Crippen molar-refractivity contribution in [3.05, 3.63) is 82.0 Å². The zero-order valence-electron chi connectivity index (χ0n) is 17.9. The highest BCUT2D eigenvalue weighted by molar-refractivity contribution is 7.14. The van der Waals surface area contributed by atoms with Gasteiger partial charge >= 0.3 is 0 Å². The molecule has 1 saturated heterocycles. The van der Waals surface area contributed by atoms with Crippen LogP contribution in [0, 0.1) is 0 Å². The summed E-state index contributed by atoms with van der Waals surface area (Å²) >= 11 is 7.95. The summed E-state index contributed by atoms with van der Waals surface area (Å²) in [4.78, 5) is 34.3. The van der Waals surface area contributed by atoms with E-state index in [4.69, 9.17) is 11.6 Å². The maximum atomic E-state index is 12.8. The van der Waals surface area contributed by atoms with Crippen LogP contribution in [0.1, 0.15) is 35.6 Å². The Kier molecular flexibility index (Phi) is 6.15. The molecule has 168 valence electrons. The maximum Gasteiger partial charge on any atom is 0.228 e. The maximum absolute atomic E-state index is 12.8. The second kappa shape index (κ2) is 9.37. The zero-order valence-corrected chi connectivity index (χ0v) is 19.5. The number of aromatic nitrogens is 2. The molecule has 4 aromatic rings. The van der Waals surface area contributed by atoms with Crippen molar-refractivity contribution in [1.29, 1.82) is 0 Å². The molecule has 3 heterocycles. The standard InChI is InChI=1S/C25H23ClN4O2S/c26-21-8-3-1-6-17(21)19(20-13-27-22-9-4-2-7-18(20)22)14-28-23(31)12-16-15-33-25(29-16)30-11-5-10-24(30)32/h1-4,6-9,13,15,19,27H,5,10-12,14H2,(H,28,31). The third kappa shape index (κ3) is 4.51. The number of aromatic amines is 1. The van der Waals surface area contributed by atoms with Crippen LogP contribution in [0.5, 0.6) is 0 Å². The smallest absolute Gasteiger partial charge is 0.228 e. The van der Waals surface area contributed by atoms with Gasteiger partial charge in [-0.05, 0) is 29.7 Å². The molecule has 0 aliphatic carbocycles. The molecule has 33 heavy (non-hydrogen) atoms. The molecule has 8 heteroatoms. The Hall–Kier alpha value is -3.16. The number of anilines is 1. The van der Waals surface area contributed by atoms with Crippen molar-refractivity contribution < 1.29 is 9.59 Å². The van der Waals surface area contributed by atoms with Crippen LogP contribution < -0.4 is 10.2 Å². The fraction of sp³-hybridized carbons (Fsp3) is 0.240. The summed E-state index contributed by atoms with van der Waals surface area (Å²) in [6.07, 6.45) is 3.57. The summed E-state index contributed by atoms with van der Waals surface area (Å²) in [5, 5.41) is 7.37. The van der Waals surface area contributed by atoms with Crippen molar-refractivity contribution in [2.45, 2.75) is 25.2 Å². The van der Waals surface area contributed by atoms with E-state index in [-0.39, 0.29) is 24.2 Å². The number of benzene rings is 2. The highest BCUT2D eigenvalue weighted by Gasteiger charge is 2.25. The molecule has 2 amide bonds. The molecular weight excluding hydrogens is 456 g/mol. The lowest BCUT2D eigenvalue weighted by molar-refractivity contribution is -0.120. The molecule has 0 saturated carbocycles. The normalized spacial score (nSPS) is 14.7. The Labute approximate surface area is 200 Å². The van der Waals surface area contributed by atoms with Gasteiger partial charge in [0.2, 0.25) is 11.8 Å². The summed E-state index contributed by atoms with van der Waals surface area (Å²) in [7, 11) is 0. The van der Waals surface area contributed by atoms with Gasteiger partial charge in [0.25, 0.3) is 0 Å². The highest BCUT2D eigenvalue weighted by atomic mass is 35.5. The van der Waals surface area contributed by atoms with Crippen LogP contribution in [0.25, 0.3) is 10.9 Å². The van der Waals surface area contributed by atoms with Gasteiger partial charge in [-0.25, -0.2) is 4.98 Å². The third-order valence-electron chi connectivity index (χ3n) is 5.97. The molecule has 2 N–H and O–H groups in total. The van der Waals surface area contributed by atoms with Crippen molar-refractivity contribution in [3.8, 4) is 0 Å². The molecule has 0 spiro atoms. The Morgan fingerprint density at radius 1 is 1.18 bits per heavy atom. The number of amides is 2. The fourth-order valence-electron chi connectivity index (χ4n) is 4.32. The molecule has 2 aromatic carbocycles. The van der Waals surface area contributed by atoms with Crippen LogP contribution in [0.2, 0.25) is 5.02 Å². The van der Waals surface area contributed by atoms with Gasteiger partial charge in [0.15, 0.2) is 5.13 Å². The van der Waals surface area contributed by atoms with Gasteiger partial charge in [-0.1, -0.05) is 48.0 Å². The summed E-state index contributed by atoms with van der Waals surface area (Å²) in [5.41, 5.74) is 3.77. The van der Waals surface area contributed by atoms with E-state index in [0.717, 1.165) is 28.5 Å². The van der Waals surface area contributed by atoms with Crippen molar-refractivity contribution in [3.63, 3.8) is 0 Å². The second-order valence-corrected chi connectivity index (χ2v) is 9.36. The van der Waals surface area contributed by atoms with Gasteiger partial charge in [0.1, 0.15) is 0 Å². The Bertz CT molecular complexity index is 1310. The third-order valence-corrected chi connectivity index (χ3v) is 7.22. The minimum atomic E-state index is -0.114. The number of para-hydroxylation sites is 1. The molecule has 6 nitrogen and oxygen atoms in total. The molecule has 1 aliphatic heterocycles. The molecule has 0 bridgehead atoms. The van der Waals surface area contributed by atoms with Crippen molar-refractivity contribution >= 4 is 50.8 Å². The average molecular weight is 479 g/mol. The van der Waals surface area contributed by atoms with Gasteiger partial charge in [0, 0.05) is 52.9 Å². The van der Waals surface area contributed by atoms with E-state index in [9.17, 15) is 9.59 Å². The number of nitrogens with zero attached hydrogens (tertiary/aromatic N) is 2. The SMILES string of the molecule is O=C(Cc1csc(N2CCCC2=O)n1)NCC(c1ccccc1Cl)c1c[nH]c2ccccc12. The molecular formula is C25H23ClN4O2S. The van der Waals surface area contributed by atoms with E-state index in [2.05, 4.69) is 21.4 Å². The van der Waals surface area contributed by atoms with Gasteiger partial charge in [0.05, 0.1) is 12.1 Å². The number of nitrogens with one attached hydrogen (secondary N) is 2. The summed E-state index contributed by atoms with van der Waals surface area (Å²) in [6, 6.07) is 15.8.